The molecule has 1 N–H and O–H groups in total. The highest BCUT2D eigenvalue weighted by Crippen LogP contribution is 2.35. The summed E-state index contributed by atoms with van der Waals surface area (Å²) in [6, 6.07) is 9.94. The molecule has 0 saturated carbocycles. The van der Waals surface area contributed by atoms with Crippen molar-refractivity contribution in [1.29, 1.82) is 0 Å². The lowest BCUT2D eigenvalue weighted by Gasteiger charge is -2.43. The largest absolute Gasteiger partial charge is 0.465 e. The summed E-state index contributed by atoms with van der Waals surface area (Å²) in [5.74, 6) is -0.555. The highest BCUT2D eigenvalue weighted by Gasteiger charge is 2.35. The van der Waals surface area contributed by atoms with E-state index in [0.29, 0.717) is 41.9 Å². The van der Waals surface area contributed by atoms with Crippen LogP contribution in [0.3, 0.4) is 0 Å². The van der Waals surface area contributed by atoms with Crippen LogP contribution in [0.5, 0.6) is 0 Å². The van der Waals surface area contributed by atoms with Gasteiger partial charge < -0.3 is 24.3 Å². The van der Waals surface area contributed by atoms with Gasteiger partial charge in [0.15, 0.2) is 5.11 Å². The van der Waals surface area contributed by atoms with E-state index in [0.717, 1.165) is 12.1 Å². The third-order valence-corrected chi connectivity index (χ3v) is 6.21. The summed E-state index contributed by atoms with van der Waals surface area (Å²) in [5.41, 5.74) is 2.01. The van der Waals surface area contributed by atoms with Crippen molar-refractivity contribution in [1.82, 2.24) is 9.47 Å². The molecule has 0 spiro atoms. The summed E-state index contributed by atoms with van der Waals surface area (Å²) in [7, 11) is 2.59. The number of pyridine rings is 1. The maximum absolute atomic E-state index is 12.2. The summed E-state index contributed by atoms with van der Waals surface area (Å²) in [6.07, 6.45) is 1.01. The third-order valence-electron chi connectivity index (χ3n) is 5.85. The number of nitrogens with one attached hydrogen (secondary N) is 1. The van der Waals surface area contributed by atoms with Crippen LogP contribution in [0, 0.1) is 5.92 Å². The van der Waals surface area contributed by atoms with Gasteiger partial charge in [-0.25, -0.2) is 9.59 Å². The predicted molar refractivity (Wildman–Crippen MR) is 118 cm³/mol. The summed E-state index contributed by atoms with van der Waals surface area (Å²) in [5, 5.41) is 3.57. The number of fused-ring (bicyclic) bond motifs is 4. The molecule has 162 valence electrons. The molecule has 0 radical (unpaired) electrons. The molecular formula is C22H23N3O5S. The van der Waals surface area contributed by atoms with E-state index >= 15 is 0 Å². The molecule has 0 amide bonds. The standard InChI is InChI=1S/C22H23N3O5S/c1-29-20(27)14-6-7-16(21(28)30-2)17(9-14)23-22(31)24-10-13-8-15(12-24)18-4-3-5-19(26)25(18)11-13/h3-7,9,13,15H,8,10-12H2,1-2H3,(H,23,31)/t13-,15+/m1/s1. The molecule has 1 fully saturated rings. The van der Waals surface area contributed by atoms with Gasteiger partial charge in [-0.2, -0.15) is 0 Å². The maximum Gasteiger partial charge on any atom is 0.339 e. The van der Waals surface area contributed by atoms with Crippen LogP contribution in [0.15, 0.2) is 41.2 Å². The minimum atomic E-state index is -0.537. The Bertz CT molecular complexity index is 1110. The van der Waals surface area contributed by atoms with Gasteiger partial charge in [-0.05, 0) is 48.8 Å². The van der Waals surface area contributed by atoms with E-state index in [9.17, 15) is 14.4 Å². The second-order valence-corrected chi connectivity index (χ2v) is 8.16. The molecule has 8 nitrogen and oxygen atoms in total. The number of rotatable bonds is 3. The van der Waals surface area contributed by atoms with E-state index in [1.165, 1.54) is 32.4 Å². The van der Waals surface area contributed by atoms with Gasteiger partial charge in [-0.1, -0.05) is 6.07 Å². The Morgan fingerprint density at radius 3 is 2.58 bits per heavy atom. The van der Waals surface area contributed by atoms with Crippen molar-refractivity contribution in [3.63, 3.8) is 0 Å². The summed E-state index contributed by atoms with van der Waals surface area (Å²) in [6.45, 7) is 2.03. The number of carbonyl (C=O) groups is 2. The van der Waals surface area contributed by atoms with E-state index in [4.69, 9.17) is 21.7 Å². The van der Waals surface area contributed by atoms with Crippen molar-refractivity contribution in [3.05, 3.63) is 63.6 Å². The minimum absolute atomic E-state index is 0.0312. The number of hydrogen-bond acceptors (Lipinski definition) is 6. The van der Waals surface area contributed by atoms with Gasteiger partial charge in [0.25, 0.3) is 5.56 Å². The van der Waals surface area contributed by atoms with Gasteiger partial charge in [0, 0.05) is 37.3 Å². The zero-order chi connectivity index (χ0) is 22.1. The Hall–Kier alpha value is -3.20. The molecule has 0 unspecified atom stereocenters. The summed E-state index contributed by atoms with van der Waals surface area (Å²) >= 11 is 5.66. The average Bonchev–Trinajstić information content (AvgIpc) is 2.78. The molecule has 2 atom stereocenters. The molecule has 4 rings (SSSR count). The maximum atomic E-state index is 12.2. The highest BCUT2D eigenvalue weighted by atomic mass is 32.1. The minimum Gasteiger partial charge on any atom is -0.465 e. The Morgan fingerprint density at radius 2 is 1.84 bits per heavy atom. The molecule has 2 aliphatic heterocycles. The lowest BCUT2D eigenvalue weighted by molar-refractivity contribution is 0.0587. The second kappa shape index (κ2) is 8.50. The van der Waals surface area contributed by atoms with Gasteiger partial charge in [-0.15, -0.1) is 0 Å². The van der Waals surface area contributed by atoms with E-state index < -0.39 is 11.9 Å². The zero-order valence-corrected chi connectivity index (χ0v) is 18.1. The van der Waals surface area contributed by atoms with Crippen LogP contribution in [0.1, 0.15) is 38.7 Å². The monoisotopic (exact) mass is 441 g/mol. The number of likely N-dealkylation sites (tertiary alicyclic amines) is 1. The van der Waals surface area contributed by atoms with Crippen LogP contribution in [-0.2, 0) is 16.0 Å². The number of ether oxygens (including phenoxy) is 2. The van der Waals surface area contributed by atoms with Crippen LogP contribution >= 0.6 is 12.2 Å². The molecule has 31 heavy (non-hydrogen) atoms. The average molecular weight is 442 g/mol. The number of hydrogen-bond donors (Lipinski definition) is 1. The fraction of sp³-hybridized carbons (Fsp3) is 0.364. The summed E-state index contributed by atoms with van der Waals surface area (Å²) < 4.78 is 11.5. The van der Waals surface area contributed by atoms with Crippen molar-refractivity contribution in [3.8, 4) is 0 Å². The number of benzene rings is 1. The zero-order valence-electron chi connectivity index (χ0n) is 17.3. The van der Waals surface area contributed by atoms with Gasteiger partial charge in [-0.3, -0.25) is 4.79 Å². The van der Waals surface area contributed by atoms with Crippen molar-refractivity contribution >= 4 is 35.0 Å². The van der Waals surface area contributed by atoms with Gasteiger partial charge in [0.1, 0.15) is 0 Å². The molecule has 0 aliphatic carbocycles. The van der Waals surface area contributed by atoms with Crippen LogP contribution in [0.4, 0.5) is 5.69 Å². The van der Waals surface area contributed by atoms with Crippen LogP contribution in [0.2, 0.25) is 0 Å². The smallest absolute Gasteiger partial charge is 0.339 e. The normalized spacial score (nSPS) is 19.2. The van der Waals surface area contributed by atoms with Crippen molar-refractivity contribution in [2.75, 3.05) is 32.6 Å². The molecule has 1 aromatic carbocycles. The van der Waals surface area contributed by atoms with Gasteiger partial charge in [0.05, 0.1) is 31.0 Å². The highest BCUT2D eigenvalue weighted by molar-refractivity contribution is 7.80. The molecule has 2 bridgehead atoms. The fourth-order valence-electron chi connectivity index (χ4n) is 4.44. The van der Waals surface area contributed by atoms with E-state index in [-0.39, 0.29) is 17.0 Å². The number of nitrogens with zero attached hydrogens (tertiary/aromatic N) is 2. The number of thiocarbonyl (C=S) groups is 1. The lowest BCUT2D eigenvalue weighted by Crippen LogP contribution is -2.50. The second-order valence-electron chi connectivity index (χ2n) is 7.78. The Morgan fingerprint density at radius 1 is 1.06 bits per heavy atom. The topological polar surface area (TPSA) is 89.9 Å². The van der Waals surface area contributed by atoms with Crippen molar-refractivity contribution in [2.45, 2.75) is 18.9 Å². The Balaban J connectivity index is 1.58. The number of piperidine rings is 1. The first-order valence-electron chi connectivity index (χ1n) is 9.97. The first kappa shape index (κ1) is 21.0. The van der Waals surface area contributed by atoms with E-state index in [1.54, 1.807) is 12.1 Å². The van der Waals surface area contributed by atoms with Gasteiger partial charge in [0.2, 0.25) is 0 Å². The molecular weight excluding hydrogens is 418 g/mol. The van der Waals surface area contributed by atoms with Crippen LogP contribution < -0.4 is 10.9 Å². The fourth-order valence-corrected chi connectivity index (χ4v) is 4.70. The molecule has 3 heterocycles. The predicted octanol–water partition coefficient (Wildman–Crippen LogP) is 2.24. The Kier molecular flexibility index (Phi) is 5.77. The molecule has 9 heteroatoms. The molecule has 1 aromatic heterocycles. The number of carbonyl (C=O) groups excluding carboxylic acids is 2. The van der Waals surface area contributed by atoms with Crippen LogP contribution in [0.25, 0.3) is 0 Å². The van der Waals surface area contributed by atoms with E-state index in [1.807, 2.05) is 10.6 Å². The van der Waals surface area contributed by atoms with Gasteiger partial charge >= 0.3 is 11.9 Å². The first-order chi connectivity index (χ1) is 14.9. The summed E-state index contributed by atoms with van der Waals surface area (Å²) in [4.78, 5) is 38.4. The van der Waals surface area contributed by atoms with Crippen LogP contribution in [-0.4, -0.2) is 53.8 Å². The molecule has 1 saturated heterocycles. The first-order valence-corrected chi connectivity index (χ1v) is 10.4. The number of methoxy groups -OCH3 is 2. The molecule has 2 aromatic rings. The van der Waals surface area contributed by atoms with Crippen molar-refractivity contribution in [2.24, 2.45) is 5.92 Å². The van der Waals surface area contributed by atoms with E-state index in [2.05, 4.69) is 10.2 Å². The number of anilines is 1. The quantitative estimate of drug-likeness (QED) is 0.573. The third kappa shape index (κ3) is 4.05. The SMILES string of the molecule is COC(=O)c1ccc(C(=O)OC)c(NC(=S)N2C[C@H]3C[C@@H](C2)c2cccc(=O)n2C3)c1. The molecule has 2 aliphatic rings. The number of esters is 2. The van der Waals surface area contributed by atoms with Crippen molar-refractivity contribution < 1.29 is 19.1 Å². The lowest BCUT2D eigenvalue weighted by atomic mass is 9.83. The Labute approximate surface area is 184 Å². The number of aromatic nitrogens is 1.